The van der Waals surface area contributed by atoms with Gasteiger partial charge in [-0.05, 0) is 19.9 Å². The summed E-state index contributed by atoms with van der Waals surface area (Å²) in [6.45, 7) is 4.39. The molecule has 2 heterocycles. The summed E-state index contributed by atoms with van der Waals surface area (Å²) in [4.78, 5) is 23.9. The molecule has 1 N–H and O–H groups in total. The molecule has 7 heteroatoms. The zero-order valence-electron chi connectivity index (χ0n) is 14.1. The third-order valence-corrected chi connectivity index (χ3v) is 4.02. The van der Waals surface area contributed by atoms with Crippen molar-refractivity contribution < 1.29 is 19.1 Å². The number of nitrogens with zero attached hydrogens (tertiary/aromatic N) is 2. The second-order valence-electron chi connectivity index (χ2n) is 5.94. The molecule has 0 aromatic heterocycles. The van der Waals surface area contributed by atoms with Crippen molar-refractivity contribution in [2.24, 2.45) is 5.10 Å². The van der Waals surface area contributed by atoms with Crippen LogP contribution in [0.5, 0.6) is 11.5 Å². The highest BCUT2D eigenvalue weighted by Crippen LogP contribution is 2.38. The Labute approximate surface area is 140 Å². The van der Waals surface area contributed by atoms with E-state index in [1.54, 1.807) is 13.1 Å². The van der Waals surface area contributed by atoms with Gasteiger partial charge in [0.05, 0.1) is 12.3 Å². The second kappa shape index (κ2) is 6.51. The van der Waals surface area contributed by atoms with Gasteiger partial charge in [-0.3, -0.25) is 9.59 Å². The summed E-state index contributed by atoms with van der Waals surface area (Å²) in [6.07, 6.45) is 1.55. The van der Waals surface area contributed by atoms with E-state index in [0.717, 1.165) is 17.7 Å². The van der Waals surface area contributed by atoms with Crippen LogP contribution in [0.25, 0.3) is 0 Å². The largest absolute Gasteiger partial charge is 0.492 e. The van der Waals surface area contributed by atoms with Crippen molar-refractivity contribution in [3.8, 4) is 11.5 Å². The van der Waals surface area contributed by atoms with Crippen molar-refractivity contribution in [2.75, 3.05) is 19.0 Å². The first kappa shape index (κ1) is 16.3. The van der Waals surface area contributed by atoms with Crippen LogP contribution in [0, 0.1) is 0 Å². The van der Waals surface area contributed by atoms with E-state index < -0.39 is 0 Å². The maximum atomic E-state index is 12.5. The van der Waals surface area contributed by atoms with Crippen LogP contribution >= 0.6 is 0 Å². The number of carbonyl (C=O) groups excluding carboxylic acids is 2. The Balaban J connectivity index is 1.84. The average Bonchev–Trinajstić information content (AvgIpc) is 2.89. The Kier molecular flexibility index (Phi) is 4.42. The van der Waals surface area contributed by atoms with Crippen molar-refractivity contribution in [1.82, 2.24) is 5.01 Å². The number of hydrogen-bond acceptors (Lipinski definition) is 5. The monoisotopic (exact) mass is 331 g/mol. The molecule has 7 nitrogen and oxygen atoms in total. The Bertz CT molecular complexity index is 714. The first-order chi connectivity index (χ1) is 11.5. The maximum absolute atomic E-state index is 12.5. The number of benzene rings is 1. The Morgan fingerprint density at radius 2 is 2.25 bits per heavy atom. The van der Waals surface area contributed by atoms with Crippen LogP contribution in [-0.4, -0.2) is 42.3 Å². The van der Waals surface area contributed by atoms with Crippen molar-refractivity contribution in [2.45, 2.75) is 39.2 Å². The molecule has 0 aliphatic carbocycles. The predicted molar refractivity (Wildman–Crippen MR) is 89.5 cm³/mol. The lowest BCUT2D eigenvalue weighted by molar-refractivity contribution is -0.130. The van der Waals surface area contributed by atoms with Crippen LogP contribution in [-0.2, 0) is 16.0 Å². The molecule has 1 atom stereocenters. The summed E-state index contributed by atoms with van der Waals surface area (Å²) in [7, 11) is 1.55. The van der Waals surface area contributed by atoms with Crippen molar-refractivity contribution in [3.63, 3.8) is 0 Å². The third-order valence-electron chi connectivity index (χ3n) is 4.02. The van der Waals surface area contributed by atoms with Crippen LogP contribution in [0.1, 0.15) is 32.3 Å². The van der Waals surface area contributed by atoms with Gasteiger partial charge in [0, 0.05) is 37.9 Å². The average molecular weight is 331 g/mol. The lowest BCUT2D eigenvalue weighted by atomic mass is 10.1. The lowest BCUT2D eigenvalue weighted by Gasteiger charge is -2.19. The van der Waals surface area contributed by atoms with Gasteiger partial charge in [-0.2, -0.15) is 5.10 Å². The topological polar surface area (TPSA) is 80.2 Å². The summed E-state index contributed by atoms with van der Waals surface area (Å²) in [5, 5.41) is 8.07. The van der Waals surface area contributed by atoms with E-state index in [2.05, 4.69) is 10.4 Å². The lowest BCUT2D eigenvalue weighted by Crippen LogP contribution is -2.34. The molecule has 1 aromatic carbocycles. The molecule has 3 rings (SSSR count). The molecule has 0 spiro atoms. The number of fused-ring (bicyclic) bond motifs is 1. The molecule has 0 fully saturated rings. The van der Waals surface area contributed by atoms with Gasteiger partial charge in [0.1, 0.15) is 23.3 Å². The summed E-state index contributed by atoms with van der Waals surface area (Å²) < 4.78 is 11.4. The van der Waals surface area contributed by atoms with E-state index in [-0.39, 0.29) is 24.3 Å². The van der Waals surface area contributed by atoms with Gasteiger partial charge in [0.2, 0.25) is 5.91 Å². The van der Waals surface area contributed by atoms with Gasteiger partial charge in [0.25, 0.3) is 5.91 Å². The molecule has 2 aliphatic heterocycles. The van der Waals surface area contributed by atoms with Gasteiger partial charge in [-0.1, -0.05) is 0 Å². The van der Waals surface area contributed by atoms with Gasteiger partial charge >= 0.3 is 0 Å². The van der Waals surface area contributed by atoms with Gasteiger partial charge in [0.15, 0.2) is 0 Å². The summed E-state index contributed by atoms with van der Waals surface area (Å²) >= 11 is 0. The van der Waals surface area contributed by atoms with E-state index in [1.807, 2.05) is 19.9 Å². The zero-order chi connectivity index (χ0) is 17.3. The standard InChI is InChI=1S/C17H21N3O4/c1-4-23-15-8-11-7-10(2)24-14(11)9-13(15)18-17(22)12-5-6-16(21)20(3)19-12/h8-10H,4-7H2,1-3H3,(H,18,22)/t10-/m1/s1. The van der Waals surface area contributed by atoms with E-state index >= 15 is 0 Å². The Hall–Kier alpha value is -2.57. The molecule has 128 valence electrons. The van der Waals surface area contributed by atoms with Crippen LogP contribution < -0.4 is 14.8 Å². The van der Waals surface area contributed by atoms with E-state index in [4.69, 9.17) is 9.47 Å². The maximum Gasteiger partial charge on any atom is 0.271 e. The molecule has 1 aromatic rings. The van der Waals surface area contributed by atoms with Crippen molar-refractivity contribution >= 4 is 23.2 Å². The Morgan fingerprint density at radius 1 is 1.46 bits per heavy atom. The molecule has 0 saturated heterocycles. The number of hydrogen-bond donors (Lipinski definition) is 1. The minimum Gasteiger partial charge on any atom is -0.492 e. The molecule has 2 amide bonds. The van der Waals surface area contributed by atoms with E-state index in [1.165, 1.54) is 5.01 Å². The number of carbonyl (C=O) groups is 2. The van der Waals surface area contributed by atoms with Crippen LogP contribution in [0.3, 0.4) is 0 Å². The highest BCUT2D eigenvalue weighted by molar-refractivity contribution is 6.43. The van der Waals surface area contributed by atoms with Gasteiger partial charge in [-0.15, -0.1) is 0 Å². The summed E-state index contributed by atoms with van der Waals surface area (Å²) in [6, 6.07) is 3.70. The molecule has 0 bridgehead atoms. The van der Waals surface area contributed by atoms with Crippen molar-refractivity contribution in [1.29, 1.82) is 0 Å². The third kappa shape index (κ3) is 3.20. The second-order valence-corrected chi connectivity index (χ2v) is 5.94. The van der Waals surface area contributed by atoms with Crippen LogP contribution in [0.4, 0.5) is 5.69 Å². The summed E-state index contributed by atoms with van der Waals surface area (Å²) in [5.74, 6) is 0.949. The van der Waals surface area contributed by atoms with Crippen LogP contribution in [0.15, 0.2) is 17.2 Å². The predicted octanol–water partition coefficient (Wildman–Crippen LogP) is 1.96. The fourth-order valence-electron chi connectivity index (χ4n) is 2.84. The number of nitrogens with one attached hydrogen (secondary N) is 1. The van der Waals surface area contributed by atoms with Gasteiger partial charge in [-0.25, -0.2) is 5.01 Å². The van der Waals surface area contributed by atoms with E-state index in [9.17, 15) is 9.59 Å². The Morgan fingerprint density at radius 3 is 2.96 bits per heavy atom. The molecular formula is C17H21N3O4. The number of amides is 2. The fourth-order valence-corrected chi connectivity index (χ4v) is 2.84. The van der Waals surface area contributed by atoms with E-state index in [0.29, 0.717) is 30.2 Å². The summed E-state index contributed by atoms with van der Waals surface area (Å²) in [5.41, 5.74) is 1.95. The first-order valence-electron chi connectivity index (χ1n) is 8.09. The molecule has 0 radical (unpaired) electrons. The quantitative estimate of drug-likeness (QED) is 0.914. The number of hydrazone groups is 1. The normalized spacial score (nSPS) is 19.5. The minimum absolute atomic E-state index is 0.0959. The van der Waals surface area contributed by atoms with Crippen LogP contribution in [0.2, 0.25) is 0 Å². The smallest absolute Gasteiger partial charge is 0.271 e. The number of ether oxygens (including phenoxy) is 2. The van der Waals surface area contributed by atoms with Crippen molar-refractivity contribution in [3.05, 3.63) is 17.7 Å². The van der Waals surface area contributed by atoms with Gasteiger partial charge < -0.3 is 14.8 Å². The first-order valence-corrected chi connectivity index (χ1v) is 8.09. The fraction of sp³-hybridized carbons (Fsp3) is 0.471. The molecule has 24 heavy (non-hydrogen) atoms. The zero-order valence-corrected chi connectivity index (χ0v) is 14.1. The molecular weight excluding hydrogens is 310 g/mol. The highest BCUT2D eigenvalue weighted by Gasteiger charge is 2.25. The highest BCUT2D eigenvalue weighted by atomic mass is 16.5. The minimum atomic E-state index is -0.332. The molecule has 2 aliphatic rings. The molecule has 0 unspecified atom stereocenters. The molecule has 0 saturated carbocycles. The SMILES string of the molecule is CCOc1cc2c(cc1NC(=O)C1=NN(C)C(=O)CC1)O[C@H](C)C2. The number of rotatable bonds is 4. The number of anilines is 1.